The van der Waals surface area contributed by atoms with Crippen molar-refractivity contribution in [3.8, 4) is 0 Å². The van der Waals surface area contributed by atoms with Crippen molar-refractivity contribution < 1.29 is 63.1 Å². The summed E-state index contributed by atoms with van der Waals surface area (Å²) in [6.07, 6.45) is 11.5. The standard InChI is InChI=1S/C33H61O13P/c1-3-4-5-6-7-8-9-10-11-12-13-14-15-16-17-18-19-20-21-22-27(35)45-26(23-43-25(2)34)24-44-47(41,42)46-33-31(39)29(37)28(36)30(38)32(33)40/h10-11,26,28-33,36-40H,3-9,12-24H2,1-2H3,(H,41,42)/b11-10-. The number of aliphatic hydroxyl groups is 5. The van der Waals surface area contributed by atoms with E-state index in [1.54, 1.807) is 0 Å². The Morgan fingerprint density at radius 1 is 0.681 bits per heavy atom. The van der Waals surface area contributed by atoms with Gasteiger partial charge in [0.2, 0.25) is 0 Å². The van der Waals surface area contributed by atoms with Crippen LogP contribution in [0.1, 0.15) is 129 Å². The van der Waals surface area contributed by atoms with E-state index in [-0.39, 0.29) is 6.42 Å². The highest BCUT2D eigenvalue weighted by Crippen LogP contribution is 2.47. The third kappa shape index (κ3) is 20.0. The molecule has 0 aromatic heterocycles. The zero-order chi connectivity index (χ0) is 35.1. The van der Waals surface area contributed by atoms with Gasteiger partial charge in [-0.1, -0.05) is 96.1 Å². The second kappa shape index (κ2) is 25.5. The average Bonchev–Trinajstić information content (AvgIpc) is 3.03. The summed E-state index contributed by atoms with van der Waals surface area (Å²) in [5, 5.41) is 49.3. The lowest BCUT2D eigenvalue weighted by Crippen LogP contribution is -2.64. The van der Waals surface area contributed by atoms with Gasteiger partial charge in [0.1, 0.15) is 43.2 Å². The molecule has 47 heavy (non-hydrogen) atoms. The Balaban J connectivity index is 2.23. The summed E-state index contributed by atoms with van der Waals surface area (Å²) >= 11 is 0. The number of allylic oxidation sites excluding steroid dienone is 2. The fourth-order valence-electron chi connectivity index (χ4n) is 5.30. The molecule has 0 aliphatic heterocycles. The normalized spacial score (nSPS) is 25.0. The number of hydrogen-bond donors (Lipinski definition) is 6. The number of hydrogen-bond acceptors (Lipinski definition) is 12. The molecule has 1 rings (SSSR count). The van der Waals surface area contributed by atoms with Gasteiger partial charge in [0.25, 0.3) is 0 Å². The van der Waals surface area contributed by atoms with Crippen molar-refractivity contribution in [2.75, 3.05) is 13.2 Å². The molecule has 1 aliphatic carbocycles. The topological polar surface area (TPSA) is 210 Å². The Kier molecular flexibility index (Phi) is 23.7. The first-order chi connectivity index (χ1) is 22.4. The summed E-state index contributed by atoms with van der Waals surface area (Å²) in [5.74, 6) is -1.29. The molecule has 14 heteroatoms. The van der Waals surface area contributed by atoms with E-state index in [2.05, 4.69) is 19.1 Å². The van der Waals surface area contributed by atoms with Crippen molar-refractivity contribution in [1.82, 2.24) is 0 Å². The monoisotopic (exact) mass is 696 g/mol. The van der Waals surface area contributed by atoms with Crippen molar-refractivity contribution in [2.24, 2.45) is 0 Å². The maximum absolute atomic E-state index is 12.5. The molecule has 0 heterocycles. The second-order valence-corrected chi connectivity index (χ2v) is 13.9. The highest BCUT2D eigenvalue weighted by Gasteiger charge is 2.51. The summed E-state index contributed by atoms with van der Waals surface area (Å²) in [6.45, 7) is 2.17. The number of phosphoric ester groups is 1. The van der Waals surface area contributed by atoms with Crippen molar-refractivity contribution in [2.45, 2.75) is 172 Å². The highest BCUT2D eigenvalue weighted by atomic mass is 31.2. The van der Waals surface area contributed by atoms with Gasteiger partial charge >= 0.3 is 19.8 Å². The third-order valence-electron chi connectivity index (χ3n) is 8.16. The molecule has 0 saturated heterocycles. The maximum atomic E-state index is 12.5. The molecule has 13 nitrogen and oxygen atoms in total. The first-order valence-corrected chi connectivity index (χ1v) is 18.9. The molecule has 0 aromatic carbocycles. The average molecular weight is 697 g/mol. The van der Waals surface area contributed by atoms with E-state index in [0.717, 1.165) is 39.0 Å². The molecule has 0 amide bonds. The van der Waals surface area contributed by atoms with Crippen LogP contribution in [0.2, 0.25) is 0 Å². The molecule has 0 radical (unpaired) electrons. The Morgan fingerprint density at radius 2 is 1.13 bits per heavy atom. The van der Waals surface area contributed by atoms with Crippen molar-refractivity contribution in [1.29, 1.82) is 0 Å². The molecular formula is C33H61O13P. The second-order valence-electron chi connectivity index (χ2n) is 12.5. The number of esters is 2. The lowest BCUT2D eigenvalue weighted by Gasteiger charge is -2.41. The van der Waals surface area contributed by atoms with Gasteiger partial charge in [0.05, 0.1) is 6.61 Å². The smallest absolute Gasteiger partial charge is 0.462 e. The van der Waals surface area contributed by atoms with Crippen LogP contribution >= 0.6 is 7.82 Å². The van der Waals surface area contributed by atoms with Gasteiger partial charge in [0.15, 0.2) is 6.10 Å². The number of ether oxygens (including phenoxy) is 2. The van der Waals surface area contributed by atoms with Crippen LogP contribution in [0.3, 0.4) is 0 Å². The van der Waals surface area contributed by atoms with E-state index in [1.807, 2.05) is 0 Å². The maximum Gasteiger partial charge on any atom is 0.472 e. The number of aliphatic hydroxyl groups excluding tert-OH is 5. The predicted octanol–water partition coefficient (Wildman–Crippen LogP) is 4.38. The number of unbranched alkanes of at least 4 members (excludes halogenated alkanes) is 15. The molecule has 1 saturated carbocycles. The lowest BCUT2D eigenvalue weighted by atomic mass is 9.85. The Morgan fingerprint density at radius 3 is 1.62 bits per heavy atom. The Labute approximate surface area is 280 Å². The zero-order valence-electron chi connectivity index (χ0n) is 28.3. The Bertz CT molecular complexity index is 901. The molecule has 0 bridgehead atoms. The summed E-state index contributed by atoms with van der Waals surface area (Å²) < 4.78 is 32.2. The minimum atomic E-state index is -5.07. The summed E-state index contributed by atoms with van der Waals surface area (Å²) in [6, 6.07) is 0. The largest absolute Gasteiger partial charge is 0.472 e. The molecule has 6 atom stereocenters. The van der Waals surface area contributed by atoms with Crippen molar-refractivity contribution >= 4 is 19.8 Å². The van der Waals surface area contributed by atoms with E-state index < -0.39 is 75.7 Å². The van der Waals surface area contributed by atoms with Crippen LogP contribution in [0.5, 0.6) is 0 Å². The minimum absolute atomic E-state index is 0.0921. The highest BCUT2D eigenvalue weighted by molar-refractivity contribution is 7.47. The quantitative estimate of drug-likeness (QED) is 0.0305. The van der Waals surface area contributed by atoms with Crippen LogP contribution in [0.15, 0.2) is 12.2 Å². The van der Waals surface area contributed by atoms with Gasteiger partial charge in [-0.25, -0.2) is 4.57 Å². The van der Waals surface area contributed by atoms with Gasteiger partial charge in [-0.05, 0) is 32.1 Å². The van der Waals surface area contributed by atoms with Gasteiger partial charge in [-0.15, -0.1) is 0 Å². The molecule has 6 N–H and O–H groups in total. The first kappa shape index (κ1) is 43.6. The van der Waals surface area contributed by atoms with Gasteiger partial charge in [-0.3, -0.25) is 18.6 Å². The van der Waals surface area contributed by atoms with E-state index in [1.165, 1.54) is 70.6 Å². The van der Waals surface area contributed by atoms with Crippen LogP contribution in [0.4, 0.5) is 0 Å². The number of rotatable bonds is 27. The van der Waals surface area contributed by atoms with Gasteiger partial charge in [0, 0.05) is 13.3 Å². The Hall–Kier alpha value is -1.41. The van der Waals surface area contributed by atoms with Crippen LogP contribution in [-0.4, -0.2) is 98.3 Å². The number of phosphoric acid groups is 1. The summed E-state index contributed by atoms with van der Waals surface area (Å²) in [7, 11) is -5.07. The molecule has 0 aromatic rings. The molecular weight excluding hydrogens is 635 g/mol. The first-order valence-electron chi connectivity index (χ1n) is 17.4. The van der Waals surface area contributed by atoms with Crippen LogP contribution in [0.25, 0.3) is 0 Å². The SMILES string of the molecule is CCCCCCCC/C=C\CCCCCCCCCCCC(=O)OC(COC(C)=O)COP(=O)(O)OC1C(O)C(O)C(O)C(O)C1O. The fourth-order valence-corrected chi connectivity index (χ4v) is 6.27. The summed E-state index contributed by atoms with van der Waals surface area (Å²) in [5.41, 5.74) is 0. The molecule has 1 aliphatic rings. The van der Waals surface area contributed by atoms with Crippen LogP contribution in [-0.2, 0) is 32.7 Å². The third-order valence-corrected chi connectivity index (χ3v) is 9.15. The fraction of sp³-hybridized carbons (Fsp3) is 0.879. The lowest BCUT2D eigenvalue weighted by molar-refractivity contribution is -0.220. The van der Waals surface area contributed by atoms with Crippen molar-refractivity contribution in [3.63, 3.8) is 0 Å². The van der Waals surface area contributed by atoms with Crippen LogP contribution < -0.4 is 0 Å². The summed E-state index contributed by atoms with van der Waals surface area (Å²) in [4.78, 5) is 33.7. The molecule has 1 fully saturated rings. The number of carbonyl (C=O) groups excluding carboxylic acids is 2. The van der Waals surface area contributed by atoms with E-state index >= 15 is 0 Å². The molecule has 6 unspecified atom stereocenters. The number of carbonyl (C=O) groups is 2. The zero-order valence-corrected chi connectivity index (χ0v) is 29.2. The van der Waals surface area contributed by atoms with Crippen LogP contribution in [0, 0.1) is 0 Å². The van der Waals surface area contributed by atoms with E-state index in [0.29, 0.717) is 6.42 Å². The van der Waals surface area contributed by atoms with Gasteiger partial charge < -0.3 is 39.9 Å². The van der Waals surface area contributed by atoms with E-state index in [4.69, 9.17) is 18.5 Å². The van der Waals surface area contributed by atoms with E-state index in [9.17, 15) is 44.6 Å². The van der Waals surface area contributed by atoms with Gasteiger partial charge in [-0.2, -0.15) is 0 Å². The predicted molar refractivity (Wildman–Crippen MR) is 175 cm³/mol. The molecule has 0 spiro atoms. The van der Waals surface area contributed by atoms with Crippen molar-refractivity contribution in [3.05, 3.63) is 12.2 Å². The molecule has 276 valence electrons. The minimum Gasteiger partial charge on any atom is -0.462 e.